The van der Waals surface area contributed by atoms with Gasteiger partial charge in [0.1, 0.15) is 18.1 Å². The Kier molecular flexibility index (Phi) is 7.69. The first-order valence-electron chi connectivity index (χ1n) is 8.59. The van der Waals surface area contributed by atoms with Gasteiger partial charge in [-0.3, -0.25) is 4.79 Å². The van der Waals surface area contributed by atoms with Gasteiger partial charge in [-0.1, -0.05) is 12.1 Å². The summed E-state index contributed by atoms with van der Waals surface area (Å²) in [6.45, 7) is 0.415. The first-order valence-corrected chi connectivity index (χ1v) is 8.59. The lowest BCUT2D eigenvalue weighted by Crippen LogP contribution is -2.15. The van der Waals surface area contributed by atoms with Gasteiger partial charge in [0.2, 0.25) is 5.91 Å². The predicted octanol–water partition coefficient (Wildman–Crippen LogP) is 4.31. The fraction of sp³-hybridized carbons (Fsp3) is 0.350. The van der Waals surface area contributed by atoms with Crippen LogP contribution < -0.4 is 14.8 Å². The molecule has 0 saturated heterocycles. The van der Waals surface area contributed by atoms with Crippen molar-refractivity contribution in [1.82, 2.24) is 0 Å². The molecule has 0 heterocycles. The molecular weight excluding hydrogens is 375 g/mol. The van der Waals surface area contributed by atoms with Crippen LogP contribution in [0, 0.1) is 0 Å². The van der Waals surface area contributed by atoms with Gasteiger partial charge < -0.3 is 19.5 Å². The van der Waals surface area contributed by atoms with Gasteiger partial charge in [0.05, 0.1) is 25.0 Å². The number of amides is 1. The minimum atomic E-state index is -4.52. The van der Waals surface area contributed by atoms with Crippen LogP contribution in [0.15, 0.2) is 42.5 Å². The summed E-state index contributed by atoms with van der Waals surface area (Å²) >= 11 is 0. The fourth-order valence-corrected chi connectivity index (χ4v) is 2.46. The highest BCUT2D eigenvalue weighted by atomic mass is 19.4. The third kappa shape index (κ3) is 6.45. The van der Waals surface area contributed by atoms with Gasteiger partial charge in [-0.2, -0.15) is 13.2 Å². The lowest BCUT2D eigenvalue weighted by molar-refractivity contribution is -0.137. The summed E-state index contributed by atoms with van der Waals surface area (Å²) in [6.07, 6.45) is -4.01. The van der Waals surface area contributed by atoms with Crippen LogP contribution in [0.1, 0.15) is 17.5 Å². The summed E-state index contributed by atoms with van der Waals surface area (Å²) in [6, 6.07) is 10.2. The predicted molar refractivity (Wildman–Crippen MR) is 98.8 cm³/mol. The molecular formula is C20H22F3NO4. The molecule has 0 aliphatic heterocycles. The molecule has 2 rings (SSSR count). The van der Waals surface area contributed by atoms with E-state index in [1.807, 2.05) is 6.07 Å². The molecule has 0 aliphatic rings. The molecule has 0 aliphatic carbocycles. The molecule has 2 aromatic rings. The number of hydrogen-bond donors (Lipinski definition) is 1. The Balaban J connectivity index is 2.08. The van der Waals surface area contributed by atoms with E-state index in [9.17, 15) is 18.0 Å². The molecule has 0 bridgehead atoms. The van der Waals surface area contributed by atoms with Gasteiger partial charge in [0, 0.05) is 13.5 Å². The number of carbonyl (C=O) groups excluding carboxylic acids is 1. The highest BCUT2D eigenvalue weighted by Gasteiger charge is 2.31. The smallest absolute Gasteiger partial charge is 0.416 e. The Morgan fingerprint density at radius 3 is 2.54 bits per heavy atom. The van der Waals surface area contributed by atoms with Gasteiger partial charge >= 0.3 is 6.18 Å². The normalized spacial score (nSPS) is 11.2. The van der Waals surface area contributed by atoms with Crippen molar-refractivity contribution in [2.45, 2.75) is 19.0 Å². The van der Waals surface area contributed by atoms with Gasteiger partial charge in [-0.05, 0) is 42.3 Å². The van der Waals surface area contributed by atoms with E-state index in [2.05, 4.69) is 5.32 Å². The third-order valence-electron chi connectivity index (χ3n) is 3.90. The summed E-state index contributed by atoms with van der Waals surface area (Å²) < 4.78 is 54.4. The van der Waals surface area contributed by atoms with Crippen LogP contribution in [-0.2, 0) is 22.1 Å². The highest BCUT2D eigenvalue weighted by molar-refractivity contribution is 5.92. The summed E-state index contributed by atoms with van der Waals surface area (Å²) in [5.41, 5.74) is -0.00799. The molecule has 152 valence electrons. The van der Waals surface area contributed by atoms with Crippen molar-refractivity contribution in [1.29, 1.82) is 0 Å². The monoisotopic (exact) mass is 397 g/mol. The first-order chi connectivity index (χ1) is 13.3. The maximum atomic E-state index is 13.0. The lowest BCUT2D eigenvalue weighted by atomic mass is 10.1. The minimum Gasteiger partial charge on any atom is -0.497 e. The second-order valence-corrected chi connectivity index (χ2v) is 5.95. The molecule has 0 radical (unpaired) electrons. The molecule has 1 N–H and O–H groups in total. The highest BCUT2D eigenvalue weighted by Crippen LogP contribution is 2.35. The Labute approximate surface area is 161 Å². The van der Waals surface area contributed by atoms with E-state index in [0.29, 0.717) is 12.2 Å². The Bertz CT molecular complexity index is 793. The Hall–Kier alpha value is -2.74. The van der Waals surface area contributed by atoms with Crippen LogP contribution in [0.2, 0.25) is 0 Å². The number of aryl methyl sites for hydroxylation is 1. The standard InChI is InChI=1S/C20H22F3NO4/c1-26-10-11-28-18-8-7-15(20(21,22)23)13-17(18)24-19(25)9-6-14-4-3-5-16(12-14)27-2/h3-5,7-8,12-13H,6,9-11H2,1-2H3,(H,24,25). The van der Waals surface area contributed by atoms with E-state index in [0.717, 1.165) is 17.7 Å². The molecule has 8 heteroatoms. The Morgan fingerprint density at radius 2 is 1.86 bits per heavy atom. The number of rotatable bonds is 9. The second-order valence-electron chi connectivity index (χ2n) is 5.95. The number of benzene rings is 2. The van der Waals surface area contributed by atoms with Crippen molar-refractivity contribution < 1.29 is 32.2 Å². The van der Waals surface area contributed by atoms with Crippen molar-refractivity contribution in [3.63, 3.8) is 0 Å². The fourth-order valence-electron chi connectivity index (χ4n) is 2.46. The number of halogens is 3. The van der Waals surface area contributed by atoms with E-state index in [4.69, 9.17) is 14.2 Å². The van der Waals surface area contributed by atoms with Crippen LogP contribution in [0.5, 0.6) is 11.5 Å². The van der Waals surface area contributed by atoms with Crippen molar-refractivity contribution >= 4 is 11.6 Å². The van der Waals surface area contributed by atoms with Gasteiger partial charge in [0.15, 0.2) is 0 Å². The molecule has 0 fully saturated rings. The molecule has 0 spiro atoms. The lowest BCUT2D eigenvalue weighted by Gasteiger charge is -2.15. The van der Waals surface area contributed by atoms with Crippen molar-refractivity contribution in [2.24, 2.45) is 0 Å². The second kappa shape index (κ2) is 9.98. The van der Waals surface area contributed by atoms with Gasteiger partial charge in [-0.15, -0.1) is 0 Å². The average molecular weight is 397 g/mol. The summed E-state index contributed by atoms with van der Waals surface area (Å²) in [5.74, 6) is 0.406. The van der Waals surface area contributed by atoms with Crippen LogP contribution in [0.4, 0.5) is 18.9 Å². The zero-order valence-electron chi connectivity index (χ0n) is 15.6. The summed E-state index contributed by atoms with van der Waals surface area (Å²) in [7, 11) is 3.03. The van der Waals surface area contributed by atoms with Crippen molar-refractivity contribution in [2.75, 3.05) is 32.8 Å². The molecule has 0 aromatic heterocycles. The maximum absolute atomic E-state index is 13.0. The number of alkyl halides is 3. The quantitative estimate of drug-likeness (QED) is 0.641. The topological polar surface area (TPSA) is 56.8 Å². The van der Waals surface area contributed by atoms with Crippen LogP contribution in [0.25, 0.3) is 0 Å². The summed E-state index contributed by atoms with van der Waals surface area (Å²) in [4.78, 5) is 12.3. The van der Waals surface area contributed by atoms with Crippen LogP contribution >= 0.6 is 0 Å². The van der Waals surface area contributed by atoms with E-state index in [1.165, 1.54) is 13.2 Å². The largest absolute Gasteiger partial charge is 0.497 e. The van der Waals surface area contributed by atoms with E-state index < -0.39 is 17.6 Å². The van der Waals surface area contributed by atoms with Crippen molar-refractivity contribution in [3.8, 4) is 11.5 Å². The number of nitrogens with one attached hydrogen (secondary N) is 1. The number of ether oxygens (including phenoxy) is 3. The molecule has 1 amide bonds. The zero-order chi connectivity index (χ0) is 20.6. The molecule has 5 nitrogen and oxygen atoms in total. The molecule has 0 saturated carbocycles. The SMILES string of the molecule is COCCOc1ccc(C(F)(F)F)cc1NC(=O)CCc1cccc(OC)c1. The Morgan fingerprint density at radius 1 is 1.07 bits per heavy atom. The van der Waals surface area contributed by atoms with Crippen LogP contribution in [-0.4, -0.2) is 33.3 Å². The van der Waals surface area contributed by atoms with E-state index >= 15 is 0 Å². The number of anilines is 1. The molecule has 0 unspecified atom stereocenters. The van der Waals surface area contributed by atoms with Crippen molar-refractivity contribution in [3.05, 3.63) is 53.6 Å². The number of carbonyl (C=O) groups is 1. The minimum absolute atomic E-state index is 0.0263. The molecule has 0 atom stereocenters. The van der Waals surface area contributed by atoms with E-state index in [-0.39, 0.29) is 31.1 Å². The summed E-state index contributed by atoms with van der Waals surface area (Å²) in [5, 5.41) is 2.51. The number of hydrogen-bond acceptors (Lipinski definition) is 4. The van der Waals surface area contributed by atoms with Gasteiger partial charge in [-0.25, -0.2) is 0 Å². The molecule has 28 heavy (non-hydrogen) atoms. The third-order valence-corrected chi connectivity index (χ3v) is 3.90. The maximum Gasteiger partial charge on any atom is 0.416 e. The first kappa shape index (κ1) is 21.6. The van der Waals surface area contributed by atoms with Crippen LogP contribution in [0.3, 0.4) is 0 Å². The number of methoxy groups -OCH3 is 2. The van der Waals surface area contributed by atoms with E-state index in [1.54, 1.807) is 25.3 Å². The average Bonchev–Trinajstić information content (AvgIpc) is 2.67. The molecule has 2 aromatic carbocycles. The zero-order valence-corrected chi connectivity index (χ0v) is 15.6. The van der Waals surface area contributed by atoms with Gasteiger partial charge in [0.25, 0.3) is 0 Å².